The van der Waals surface area contributed by atoms with Crippen molar-refractivity contribution in [3.63, 3.8) is 0 Å². The molecule has 2 N–H and O–H groups in total. The number of H-pyrrole nitrogens is 2. The summed E-state index contributed by atoms with van der Waals surface area (Å²) < 4.78 is 33.8. The van der Waals surface area contributed by atoms with Crippen LogP contribution in [-0.4, -0.2) is 71.8 Å². The van der Waals surface area contributed by atoms with Gasteiger partial charge in [-0.1, -0.05) is 0 Å². The Balaban J connectivity index is 0.741. The summed E-state index contributed by atoms with van der Waals surface area (Å²) in [5.74, 6) is 4.95. The average Bonchev–Trinajstić information content (AvgIpc) is 4.08. The maximum Gasteiger partial charge on any atom is 0.137 e. The van der Waals surface area contributed by atoms with Crippen molar-refractivity contribution in [3.05, 3.63) is 109 Å². The molecule has 0 spiro atoms. The number of epoxide rings is 2. The van der Waals surface area contributed by atoms with Crippen LogP contribution in [0.5, 0.6) is 23.0 Å². The van der Waals surface area contributed by atoms with Crippen LogP contribution in [0, 0.1) is 0 Å². The number of aromatic nitrogens is 4. The van der Waals surface area contributed by atoms with E-state index in [1.54, 1.807) is 0 Å². The van der Waals surface area contributed by atoms with E-state index in [0.29, 0.717) is 26.4 Å². The largest absolute Gasteiger partial charge is 0.494 e. The van der Waals surface area contributed by atoms with Crippen molar-refractivity contribution < 1.29 is 28.4 Å². The second-order valence-corrected chi connectivity index (χ2v) is 12.3. The van der Waals surface area contributed by atoms with Crippen molar-refractivity contribution in [1.82, 2.24) is 19.9 Å². The lowest BCUT2D eigenvalue weighted by Gasteiger charge is -2.09. The standard InChI is InChI=1S/C40H38N4O6/c1(19-45-31-11-3-27(4-12-31)37-21-42-40(43-37)30-9-17-34(18-10-30)48-24-36-26-50-36)2-20-46-32-15-7-29(8-16-32)39-41-22-38(44-39)28-5-13-33(14-6-28)47-23-35-25-49-35/h3-18,21-22,35-36H,1-2,19-20,23-26H2,(H,41,44)(H,42,43). The molecule has 2 aliphatic heterocycles. The number of unbranched alkanes of at least 4 members (excludes halogenated alkanes) is 1. The van der Waals surface area contributed by atoms with Gasteiger partial charge >= 0.3 is 0 Å². The first-order chi connectivity index (χ1) is 24.7. The normalized spacial score (nSPS) is 16.2. The summed E-state index contributed by atoms with van der Waals surface area (Å²) in [6.45, 7) is 4.00. The fourth-order valence-electron chi connectivity index (χ4n) is 5.40. The van der Waals surface area contributed by atoms with Crippen molar-refractivity contribution in [2.45, 2.75) is 25.0 Å². The van der Waals surface area contributed by atoms with Gasteiger partial charge in [0.2, 0.25) is 0 Å². The molecule has 4 aromatic carbocycles. The highest BCUT2D eigenvalue weighted by Gasteiger charge is 2.23. The first-order valence-electron chi connectivity index (χ1n) is 17.0. The smallest absolute Gasteiger partial charge is 0.137 e. The molecule has 0 aliphatic carbocycles. The molecule has 0 radical (unpaired) electrons. The molecule has 2 saturated heterocycles. The molecule has 2 unspecified atom stereocenters. The van der Waals surface area contributed by atoms with E-state index >= 15 is 0 Å². The summed E-state index contributed by atoms with van der Waals surface area (Å²) in [6, 6.07) is 32.0. The van der Waals surface area contributed by atoms with Crippen LogP contribution in [-0.2, 0) is 9.47 Å². The molecule has 0 saturated carbocycles. The highest BCUT2D eigenvalue weighted by Crippen LogP contribution is 2.28. The lowest BCUT2D eigenvalue weighted by Crippen LogP contribution is -2.03. The quantitative estimate of drug-likeness (QED) is 0.0753. The summed E-state index contributed by atoms with van der Waals surface area (Å²) in [5.41, 5.74) is 5.99. The van der Waals surface area contributed by atoms with Crippen LogP contribution in [0.25, 0.3) is 45.3 Å². The van der Waals surface area contributed by atoms with Crippen molar-refractivity contribution >= 4 is 0 Å². The Morgan fingerprint density at radius 3 is 1.18 bits per heavy atom. The minimum absolute atomic E-state index is 0.240. The summed E-state index contributed by atoms with van der Waals surface area (Å²) in [4.78, 5) is 16.0. The summed E-state index contributed by atoms with van der Waals surface area (Å²) in [6.07, 6.45) is 5.96. The molecular weight excluding hydrogens is 632 g/mol. The highest BCUT2D eigenvalue weighted by atomic mass is 16.6. The third kappa shape index (κ3) is 8.34. The van der Waals surface area contributed by atoms with E-state index < -0.39 is 0 Å². The molecule has 8 rings (SSSR count). The van der Waals surface area contributed by atoms with Crippen molar-refractivity contribution in [2.24, 2.45) is 0 Å². The van der Waals surface area contributed by atoms with E-state index in [1.807, 2.05) is 109 Å². The molecular formula is C40H38N4O6. The van der Waals surface area contributed by atoms with Gasteiger partial charge in [0.1, 0.15) is 60.1 Å². The number of hydrogen-bond acceptors (Lipinski definition) is 8. The van der Waals surface area contributed by atoms with Gasteiger partial charge in [0.25, 0.3) is 0 Å². The van der Waals surface area contributed by atoms with Crippen molar-refractivity contribution in [1.29, 1.82) is 0 Å². The predicted octanol–water partition coefficient (Wildman–Crippen LogP) is 7.59. The topological polar surface area (TPSA) is 119 Å². The molecule has 2 aromatic heterocycles. The predicted molar refractivity (Wildman–Crippen MR) is 190 cm³/mol. The zero-order chi connectivity index (χ0) is 33.5. The minimum atomic E-state index is 0.240. The monoisotopic (exact) mass is 670 g/mol. The van der Waals surface area contributed by atoms with Crippen LogP contribution in [0.2, 0.25) is 0 Å². The first-order valence-corrected chi connectivity index (χ1v) is 17.0. The molecule has 4 heterocycles. The Labute approximate surface area is 290 Å². The molecule has 10 heteroatoms. The van der Waals surface area contributed by atoms with E-state index in [-0.39, 0.29) is 12.2 Å². The summed E-state index contributed by atoms with van der Waals surface area (Å²) in [7, 11) is 0. The van der Waals surface area contributed by atoms with Crippen LogP contribution in [0.15, 0.2) is 109 Å². The number of ether oxygens (including phenoxy) is 6. The highest BCUT2D eigenvalue weighted by molar-refractivity contribution is 5.66. The Hall–Kier alpha value is -5.58. The van der Waals surface area contributed by atoms with Gasteiger partial charge in [0.05, 0.1) is 50.2 Å². The van der Waals surface area contributed by atoms with E-state index in [2.05, 4.69) is 19.9 Å². The maximum absolute atomic E-state index is 5.98. The second kappa shape index (κ2) is 14.9. The summed E-state index contributed by atoms with van der Waals surface area (Å²) in [5, 5.41) is 0. The number of imidazole rings is 2. The van der Waals surface area contributed by atoms with E-state index in [4.69, 9.17) is 28.4 Å². The molecule has 2 aliphatic rings. The van der Waals surface area contributed by atoms with Crippen molar-refractivity contribution in [2.75, 3.05) is 39.6 Å². The van der Waals surface area contributed by atoms with Gasteiger partial charge in [-0.2, -0.15) is 0 Å². The van der Waals surface area contributed by atoms with Crippen LogP contribution in [0.4, 0.5) is 0 Å². The van der Waals surface area contributed by atoms with E-state index in [1.165, 1.54) is 0 Å². The number of nitrogens with one attached hydrogen (secondary N) is 2. The minimum Gasteiger partial charge on any atom is -0.494 e. The van der Waals surface area contributed by atoms with Gasteiger partial charge in [0.15, 0.2) is 0 Å². The molecule has 2 fully saturated rings. The molecule has 0 amide bonds. The molecule has 50 heavy (non-hydrogen) atoms. The van der Waals surface area contributed by atoms with E-state index in [0.717, 1.165) is 94.3 Å². The van der Waals surface area contributed by atoms with Crippen LogP contribution in [0.1, 0.15) is 12.8 Å². The number of aromatic amines is 2. The molecule has 0 bridgehead atoms. The Morgan fingerprint density at radius 2 is 0.820 bits per heavy atom. The van der Waals surface area contributed by atoms with Gasteiger partial charge in [-0.25, -0.2) is 9.97 Å². The van der Waals surface area contributed by atoms with Gasteiger partial charge in [-0.3, -0.25) is 0 Å². The Bertz CT molecular complexity index is 1820. The molecule has 6 aromatic rings. The average molecular weight is 671 g/mol. The van der Waals surface area contributed by atoms with Crippen LogP contribution in [0.3, 0.4) is 0 Å². The molecule has 10 nitrogen and oxygen atoms in total. The molecule has 254 valence electrons. The SMILES string of the molecule is c1cc(-c2cnc(-c3ccc(OCC4CO4)cc3)[nH]2)ccc1OCCCCOc1ccc(-c2ncc(-c3ccc(OCC4CO4)cc3)[nH]2)cc1. The van der Waals surface area contributed by atoms with Gasteiger partial charge < -0.3 is 38.4 Å². The zero-order valence-electron chi connectivity index (χ0n) is 27.5. The van der Waals surface area contributed by atoms with Gasteiger partial charge in [0, 0.05) is 11.1 Å². The van der Waals surface area contributed by atoms with Gasteiger partial charge in [-0.15, -0.1) is 0 Å². The third-order valence-corrected chi connectivity index (χ3v) is 8.49. The lowest BCUT2D eigenvalue weighted by molar-refractivity contribution is 0.263. The third-order valence-electron chi connectivity index (χ3n) is 8.49. The maximum atomic E-state index is 5.98. The van der Waals surface area contributed by atoms with Crippen LogP contribution >= 0.6 is 0 Å². The number of nitrogens with zero attached hydrogens (tertiary/aromatic N) is 2. The zero-order valence-corrected chi connectivity index (χ0v) is 27.5. The second-order valence-electron chi connectivity index (χ2n) is 12.3. The van der Waals surface area contributed by atoms with Crippen LogP contribution < -0.4 is 18.9 Å². The van der Waals surface area contributed by atoms with Gasteiger partial charge in [-0.05, 0) is 121 Å². The van der Waals surface area contributed by atoms with Crippen molar-refractivity contribution in [3.8, 4) is 68.3 Å². The number of benzene rings is 4. The first kappa shape index (κ1) is 31.7. The van der Waals surface area contributed by atoms with E-state index in [9.17, 15) is 0 Å². The number of hydrogen-bond donors (Lipinski definition) is 2. The fraction of sp³-hybridized carbons (Fsp3) is 0.250. The Morgan fingerprint density at radius 1 is 0.480 bits per heavy atom. The molecule has 2 atom stereocenters. The fourth-order valence-corrected chi connectivity index (χ4v) is 5.40. The lowest BCUT2D eigenvalue weighted by atomic mass is 10.1. The summed E-state index contributed by atoms with van der Waals surface area (Å²) >= 11 is 0. The number of rotatable bonds is 17. The Kier molecular flexibility index (Phi) is 9.44.